The number of rotatable bonds is 28. The number of allylic oxidation sites excluding steroid dienone is 4. The quantitative estimate of drug-likeness (QED) is 0.0282. The summed E-state index contributed by atoms with van der Waals surface area (Å²) in [6, 6.07) is 83.8. The van der Waals surface area contributed by atoms with Crippen LogP contribution in [0.3, 0.4) is 0 Å². The van der Waals surface area contributed by atoms with E-state index in [9.17, 15) is 19.8 Å². The van der Waals surface area contributed by atoms with E-state index in [4.69, 9.17) is 19.9 Å². The van der Waals surface area contributed by atoms with Crippen molar-refractivity contribution in [1.29, 1.82) is 0 Å². The summed E-state index contributed by atoms with van der Waals surface area (Å²) in [5, 5.41) is 29.3. The standard InChI is InChI=1S/C38H34N2.C34H26N2.2C13H24O2.2Ir/c1-26(2)21-28-19-20-34-31(24-28)25-38(35-23-27(3)22-30-13-7-8-16-33(30)35)40-37(34)18-10-15-32-14-9-17-36(39-32)29-11-5-4-6-12-29;1-24-21-26-13-5-7-17-29(26)31(22-24)34-23-27-14-6-8-18-30(27)33(36-34)20-10-16-28-15-9-19-32(35-28)25-11-3-2-4-12-25;2*1-5-10(6-2)12(14)9-13(15)11(7-3)8-4;;/h4-9,11,13-14,16-17,19-20,22,24-26H,10,15,18,21H2,1-3H3;2-9,11,13-15,17-19,21,23H,10,16,20H2,1H3;2*9-11,14H,5-8H2,1-4H3;;/q2*-2;;;;. The van der Waals surface area contributed by atoms with Crippen molar-refractivity contribution in [3.63, 3.8) is 0 Å². The molecule has 0 aliphatic carbocycles. The SMILES string of the molecule is CCC(CC)C(=O)C=C(O)C(CC)CC.CCC(CC)C(=O)C=C(O)C(CC)CC.Cc1[c-]c(-c2cc3cc(CC(C)C)ccc3c(CCCc3cccc(-c4[c-]cccc4)n3)n2)c2ccccc2c1.Cc1[c-]c(-c2cc3ccccc3c(CCCc3cccc(-c4[c-]cccc4)n3)n2)c2ccccc2c1.[Ir].[Ir]. The minimum atomic E-state index is 0. The Bertz CT molecular complexity index is 4850. The Morgan fingerprint density at radius 1 is 0.389 bits per heavy atom. The Morgan fingerprint density at radius 2 is 0.769 bits per heavy atom. The Balaban J connectivity index is 0.000000218. The van der Waals surface area contributed by atoms with Crippen LogP contribution in [0.2, 0.25) is 0 Å². The molecule has 8 nitrogen and oxygen atoms in total. The zero-order valence-electron chi connectivity index (χ0n) is 65.4. The summed E-state index contributed by atoms with van der Waals surface area (Å²) in [6.07, 6.45) is 16.4. The second-order valence-electron chi connectivity index (χ2n) is 28.4. The molecule has 0 aliphatic rings. The molecule has 0 atom stereocenters. The first-order chi connectivity index (χ1) is 51.5. The van der Waals surface area contributed by atoms with Crippen molar-refractivity contribution < 1.29 is 60.0 Å². The van der Waals surface area contributed by atoms with E-state index >= 15 is 0 Å². The van der Waals surface area contributed by atoms with E-state index < -0.39 is 0 Å². The molecule has 0 spiro atoms. The van der Waals surface area contributed by atoms with E-state index in [0.717, 1.165) is 175 Å². The van der Waals surface area contributed by atoms with Crippen LogP contribution in [0.4, 0.5) is 0 Å². The maximum absolute atomic E-state index is 11.7. The van der Waals surface area contributed by atoms with Crippen LogP contribution < -0.4 is 0 Å². The van der Waals surface area contributed by atoms with Crippen LogP contribution in [-0.4, -0.2) is 41.7 Å². The van der Waals surface area contributed by atoms with Gasteiger partial charge in [0.1, 0.15) is 0 Å². The van der Waals surface area contributed by atoms with Gasteiger partial charge in [0, 0.05) is 110 Å². The zero-order valence-corrected chi connectivity index (χ0v) is 70.2. The summed E-state index contributed by atoms with van der Waals surface area (Å²) < 4.78 is 0. The maximum atomic E-state index is 11.7. The Kier molecular flexibility index (Phi) is 35.1. The molecule has 2 N–H and O–H groups in total. The fourth-order valence-electron chi connectivity index (χ4n) is 14.1. The van der Waals surface area contributed by atoms with Gasteiger partial charge < -0.3 is 30.1 Å². The van der Waals surface area contributed by atoms with E-state index in [1.54, 1.807) is 0 Å². The number of fused-ring (bicyclic) bond motifs is 4. The number of benzene rings is 8. The zero-order chi connectivity index (χ0) is 75.5. The first-order valence-corrected chi connectivity index (χ1v) is 38.9. The third-order valence-electron chi connectivity index (χ3n) is 20.2. The number of aryl methyl sites for hydroxylation is 6. The van der Waals surface area contributed by atoms with Gasteiger partial charge in [0.05, 0.1) is 11.5 Å². The molecule has 0 amide bonds. The molecule has 108 heavy (non-hydrogen) atoms. The van der Waals surface area contributed by atoms with Gasteiger partial charge in [-0.25, -0.2) is 0 Å². The minimum absolute atomic E-state index is 0. The number of aliphatic hydroxyl groups excluding tert-OH is 2. The smallest absolute Gasteiger partial charge is 0.162 e. The number of carbonyl (C=O) groups excluding carboxylic acids is 2. The first kappa shape index (κ1) is 86.4. The molecular formula is C98H108Ir2N4O4-4. The minimum Gasteiger partial charge on any atom is -0.512 e. The van der Waals surface area contributed by atoms with Crippen LogP contribution in [-0.2, 0) is 81.9 Å². The number of hydrogen-bond acceptors (Lipinski definition) is 8. The van der Waals surface area contributed by atoms with Crippen molar-refractivity contribution in [2.24, 2.45) is 29.6 Å². The van der Waals surface area contributed by atoms with E-state index in [1.807, 2.05) is 91.8 Å². The van der Waals surface area contributed by atoms with Gasteiger partial charge in [0.25, 0.3) is 0 Å². The van der Waals surface area contributed by atoms with Gasteiger partial charge in [-0.3, -0.25) is 9.59 Å². The third kappa shape index (κ3) is 24.1. The molecule has 4 aromatic heterocycles. The molecule has 10 heteroatoms. The van der Waals surface area contributed by atoms with Crippen LogP contribution in [0.25, 0.3) is 88.1 Å². The average molecular weight is 1790 g/mol. The van der Waals surface area contributed by atoms with Gasteiger partial charge in [-0.1, -0.05) is 221 Å². The molecule has 0 fully saturated rings. The van der Waals surface area contributed by atoms with Crippen molar-refractivity contribution in [1.82, 2.24) is 19.9 Å². The van der Waals surface area contributed by atoms with Crippen LogP contribution in [0.1, 0.15) is 173 Å². The molecule has 0 saturated heterocycles. The van der Waals surface area contributed by atoms with Gasteiger partial charge in [-0.15, -0.1) is 129 Å². The van der Waals surface area contributed by atoms with Crippen molar-refractivity contribution in [3.05, 3.63) is 288 Å². The van der Waals surface area contributed by atoms with Crippen molar-refractivity contribution in [2.45, 2.75) is 179 Å². The van der Waals surface area contributed by atoms with Crippen LogP contribution in [0, 0.1) is 67.7 Å². The van der Waals surface area contributed by atoms with E-state index in [-0.39, 0.29) is 87.0 Å². The van der Waals surface area contributed by atoms with Crippen LogP contribution in [0.15, 0.2) is 224 Å². The van der Waals surface area contributed by atoms with Crippen molar-refractivity contribution >= 4 is 54.7 Å². The molecular weight excluding hydrogens is 1680 g/mol. The van der Waals surface area contributed by atoms with Gasteiger partial charge in [-0.05, 0) is 153 Å². The van der Waals surface area contributed by atoms with E-state index in [0.29, 0.717) is 5.92 Å². The number of pyridine rings is 4. The molecule has 12 aromatic rings. The summed E-state index contributed by atoms with van der Waals surface area (Å²) in [5.74, 6) is 1.71. The number of aromatic nitrogens is 4. The predicted molar refractivity (Wildman–Crippen MR) is 444 cm³/mol. The summed E-state index contributed by atoms with van der Waals surface area (Å²) in [4.78, 5) is 43.7. The Hall–Kier alpha value is -8.88. The number of carbonyl (C=O) groups is 2. The third-order valence-corrected chi connectivity index (χ3v) is 20.2. The van der Waals surface area contributed by atoms with Gasteiger partial charge in [-0.2, -0.15) is 0 Å². The first-order valence-electron chi connectivity index (χ1n) is 38.9. The van der Waals surface area contributed by atoms with Crippen LogP contribution >= 0.6 is 0 Å². The molecule has 2 radical (unpaired) electrons. The molecule has 4 heterocycles. The second-order valence-corrected chi connectivity index (χ2v) is 28.4. The Labute approximate surface area is 671 Å². The molecule has 8 aromatic carbocycles. The van der Waals surface area contributed by atoms with Crippen molar-refractivity contribution in [3.8, 4) is 45.0 Å². The fourth-order valence-corrected chi connectivity index (χ4v) is 14.1. The van der Waals surface area contributed by atoms with Gasteiger partial charge >= 0.3 is 0 Å². The average Bonchev–Trinajstić information content (AvgIpc) is 0.762. The van der Waals surface area contributed by atoms with Crippen molar-refractivity contribution in [2.75, 3.05) is 0 Å². The molecule has 0 aliphatic heterocycles. The number of nitrogens with zero attached hydrogens (tertiary/aromatic N) is 4. The number of ketones is 2. The summed E-state index contributed by atoms with van der Waals surface area (Å²) in [5.41, 5.74) is 16.3. The number of hydrogen-bond donors (Lipinski definition) is 2. The summed E-state index contributed by atoms with van der Waals surface area (Å²) in [6.45, 7) is 24.9. The molecule has 12 rings (SSSR count). The molecule has 566 valence electrons. The summed E-state index contributed by atoms with van der Waals surface area (Å²) >= 11 is 0. The molecule has 0 bridgehead atoms. The van der Waals surface area contributed by atoms with E-state index in [2.05, 4.69) is 216 Å². The predicted octanol–water partition coefficient (Wildman–Crippen LogP) is 25.3. The Morgan fingerprint density at radius 3 is 1.17 bits per heavy atom. The maximum Gasteiger partial charge on any atom is 0.162 e. The van der Waals surface area contributed by atoms with Gasteiger partial charge in [0.15, 0.2) is 11.6 Å². The topological polar surface area (TPSA) is 126 Å². The van der Waals surface area contributed by atoms with E-state index in [1.165, 1.54) is 60.8 Å². The normalized spacial score (nSPS) is 11.5. The monoisotopic (exact) mass is 1790 g/mol. The van der Waals surface area contributed by atoms with Crippen LogP contribution in [0.5, 0.6) is 0 Å². The molecule has 0 unspecified atom stereocenters. The van der Waals surface area contributed by atoms with Gasteiger partial charge in [0.2, 0.25) is 0 Å². The summed E-state index contributed by atoms with van der Waals surface area (Å²) in [7, 11) is 0. The fraction of sp³-hybridized carbons (Fsp3) is 0.327. The number of aliphatic hydroxyl groups is 2. The second kappa shape index (κ2) is 43.9. The largest absolute Gasteiger partial charge is 0.512 e. The molecule has 0 saturated carbocycles.